The van der Waals surface area contributed by atoms with Crippen molar-refractivity contribution in [2.75, 3.05) is 151 Å². The molecule has 0 unspecified atom stereocenters. The van der Waals surface area contributed by atoms with Crippen LogP contribution >= 0.6 is 0 Å². The number of rotatable bonds is 50. The second kappa shape index (κ2) is 43.5. The van der Waals surface area contributed by atoms with Crippen LogP contribution in [0.4, 0.5) is 16.2 Å². The molecule has 0 fully saturated rings. The number of carbonyl (C=O) groups is 9. The summed E-state index contributed by atoms with van der Waals surface area (Å²) in [6.07, 6.45) is 9.69. The minimum atomic E-state index is -0.990. The first-order valence-electron chi connectivity index (χ1n) is 36.4. The van der Waals surface area contributed by atoms with Crippen molar-refractivity contribution in [3.8, 4) is 23.0 Å². The van der Waals surface area contributed by atoms with Gasteiger partial charge in [0.15, 0.2) is 35.0 Å². The van der Waals surface area contributed by atoms with Crippen molar-refractivity contribution in [1.29, 1.82) is 0 Å². The number of methoxy groups -OCH3 is 2. The largest absolute Gasteiger partial charge is 0.493 e. The SMILES string of the molecule is COc1cc2c(cc1OCCCCCOc1cc3c(cc1OC)C(O)=[N+]1C=C(C)C[C@H]1C(=O)N3C(=O)OCc1ccc(CC(=O)[C@H](C)NC(=O)[C@@H](CC(=O)CCOCCOCCOCCOCCOCCOCCOCCOCCNC(=O)CCN3C(=O)C=CC3=O)C(C)C)cc1)N=C[C@@H]1CC(C)=CN1C2=O. The summed E-state index contributed by atoms with van der Waals surface area (Å²) in [7, 11) is 2.97. The van der Waals surface area contributed by atoms with E-state index in [4.69, 9.17) is 61.6 Å². The van der Waals surface area contributed by atoms with E-state index in [9.17, 15) is 48.3 Å². The van der Waals surface area contributed by atoms with Crippen molar-refractivity contribution in [3.63, 3.8) is 0 Å². The number of nitrogens with zero attached hydrogens (tertiary/aromatic N) is 5. The molecule has 0 saturated carbocycles. The third kappa shape index (κ3) is 25.4. The fourth-order valence-electron chi connectivity index (χ4n) is 12.0. The lowest BCUT2D eigenvalue weighted by atomic mass is 9.88. The van der Waals surface area contributed by atoms with E-state index in [-0.39, 0.29) is 129 Å². The van der Waals surface area contributed by atoms with Crippen LogP contribution in [0.2, 0.25) is 0 Å². The van der Waals surface area contributed by atoms with E-state index in [1.54, 1.807) is 60.6 Å². The third-order valence-electron chi connectivity index (χ3n) is 17.9. The monoisotopic (exact) mass is 1490 g/mol. The number of benzene rings is 3. The Hall–Kier alpha value is -9.27. The molecule has 4 atom stereocenters. The van der Waals surface area contributed by atoms with Crippen molar-refractivity contribution >= 4 is 76.6 Å². The van der Waals surface area contributed by atoms with Crippen LogP contribution in [0, 0.1) is 11.8 Å². The van der Waals surface area contributed by atoms with Crippen LogP contribution in [0.15, 0.2) is 89.2 Å². The molecule has 7 amide bonds. The molecule has 3 N–H and O–H groups in total. The molecule has 8 rings (SSSR count). The molecule has 0 radical (unpaired) electrons. The molecule has 0 bridgehead atoms. The number of aliphatic hydroxyl groups is 1. The molecule has 5 aliphatic heterocycles. The number of amides is 7. The highest BCUT2D eigenvalue weighted by Gasteiger charge is 2.48. The zero-order valence-electron chi connectivity index (χ0n) is 62.3. The van der Waals surface area contributed by atoms with E-state index in [0.29, 0.717) is 159 Å². The molecule has 0 saturated heterocycles. The van der Waals surface area contributed by atoms with Crippen LogP contribution in [0.1, 0.15) is 113 Å². The predicted octanol–water partition coefficient (Wildman–Crippen LogP) is 6.64. The molecule has 107 heavy (non-hydrogen) atoms. The number of nitrogens with one attached hydrogen (secondary N) is 2. The fourth-order valence-corrected chi connectivity index (χ4v) is 12.0. The number of anilines is 1. The van der Waals surface area contributed by atoms with Gasteiger partial charge in [-0.25, -0.2) is 9.69 Å². The Balaban J connectivity index is 0.650. The van der Waals surface area contributed by atoms with E-state index < -0.39 is 47.7 Å². The number of ether oxygens (including phenoxy) is 13. The summed E-state index contributed by atoms with van der Waals surface area (Å²) in [5, 5.41) is 17.2. The summed E-state index contributed by atoms with van der Waals surface area (Å²) < 4.78 is 75.1. The number of hydrogen-bond acceptors (Lipinski definition) is 23. The molecular weight excluding hydrogens is 1390 g/mol. The first kappa shape index (κ1) is 83.4. The van der Waals surface area contributed by atoms with Gasteiger partial charge in [0.05, 0.1) is 162 Å². The predicted molar refractivity (Wildman–Crippen MR) is 390 cm³/mol. The Morgan fingerprint density at radius 2 is 1.17 bits per heavy atom. The van der Waals surface area contributed by atoms with Crippen LogP contribution in [-0.2, 0) is 89.2 Å². The van der Waals surface area contributed by atoms with Gasteiger partial charge in [-0.2, -0.15) is 4.58 Å². The van der Waals surface area contributed by atoms with Gasteiger partial charge in [0.25, 0.3) is 17.7 Å². The van der Waals surface area contributed by atoms with Gasteiger partial charge in [0.2, 0.25) is 17.9 Å². The van der Waals surface area contributed by atoms with Crippen LogP contribution in [0.5, 0.6) is 23.0 Å². The van der Waals surface area contributed by atoms with Crippen molar-refractivity contribution in [1.82, 2.24) is 20.4 Å². The van der Waals surface area contributed by atoms with E-state index in [0.717, 1.165) is 27.4 Å². The molecule has 0 spiro atoms. The zero-order chi connectivity index (χ0) is 76.6. The summed E-state index contributed by atoms with van der Waals surface area (Å²) in [4.78, 5) is 125. The third-order valence-corrected chi connectivity index (χ3v) is 17.9. The fraction of sp³-hybridized carbons (Fsp3) is 0.545. The molecular formula is C77H102N7O23+. The lowest BCUT2D eigenvalue weighted by Crippen LogP contribution is -2.45. The van der Waals surface area contributed by atoms with E-state index in [2.05, 4.69) is 15.6 Å². The van der Waals surface area contributed by atoms with Crippen LogP contribution in [0.3, 0.4) is 0 Å². The Bertz CT molecular complexity index is 3700. The Morgan fingerprint density at radius 3 is 1.74 bits per heavy atom. The Morgan fingerprint density at radius 1 is 0.626 bits per heavy atom. The van der Waals surface area contributed by atoms with Gasteiger partial charge in [-0.3, -0.25) is 48.2 Å². The molecule has 0 aromatic heterocycles. The van der Waals surface area contributed by atoms with E-state index in [1.807, 2.05) is 33.9 Å². The lowest BCUT2D eigenvalue weighted by molar-refractivity contribution is -0.482. The number of fused-ring (bicyclic) bond motifs is 4. The number of carbonyl (C=O) groups excluding carboxylic acids is 9. The number of aliphatic imine (C=N–C) groups is 1. The van der Waals surface area contributed by atoms with Gasteiger partial charge < -0.3 is 82.2 Å². The molecule has 3 aromatic carbocycles. The Labute approximate surface area is 623 Å². The van der Waals surface area contributed by atoms with E-state index >= 15 is 0 Å². The summed E-state index contributed by atoms with van der Waals surface area (Å²) in [5.74, 6) is -2.43. The molecule has 5 heterocycles. The summed E-state index contributed by atoms with van der Waals surface area (Å²) in [5.41, 5.74) is 4.24. The minimum Gasteiger partial charge on any atom is -0.493 e. The highest BCUT2D eigenvalue weighted by Crippen LogP contribution is 2.41. The molecule has 3 aromatic rings. The number of ketones is 2. The van der Waals surface area contributed by atoms with Gasteiger partial charge in [0, 0.05) is 93.9 Å². The van der Waals surface area contributed by atoms with Crippen LogP contribution in [-0.4, -0.2) is 249 Å². The van der Waals surface area contributed by atoms with Gasteiger partial charge >= 0.3 is 17.9 Å². The number of aliphatic hydroxyl groups excluding tert-OH is 1. The first-order valence-corrected chi connectivity index (χ1v) is 36.4. The molecule has 0 aliphatic carbocycles. The highest BCUT2D eigenvalue weighted by molar-refractivity contribution is 6.18. The lowest BCUT2D eigenvalue weighted by Gasteiger charge is -2.22. The summed E-state index contributed by atoms with van der Waals surface area (Å²) in [6.45, 7) is 15.4. The van der Waals surface area contributed by atoms with Gasteiger partial charge in [-0.05, 0) is 75.1 Å². The summed E-state index contributed by atoms with van der Waals surface area (Å²) in [6, 6.07) is 11.3. The standard InChI is InChI=1S/C77H101N7O23/c1-51(2)59(42-58(85)18-23-97-25-27-99-29-31-101-33-35-103-37-38-104-36-34-102-32-30-100-28-26-98-24-19-78-70(87)17-20-81-71(88)15-16-72(81)89)73(90)80-54(5)65(86)41-55-11-13-56(14-12-55)50-107-77(94)84-63-46-69(67(96-7)44-61(63)75(92)83-49-53(4)40-64(83)76(84)93)106-22-10-8-9-21-105-68-45-62-60(43-66(68)95-6)74(91)82-48-52(3)39-57(82)47-79-62/h11-16,43-49,51,54,57,59,64H,8-10,17-42,50H2,1-7H3,(H2,78,80,87,90)/p+1/t54-,57-,59-,64-/m0/s1. The maximum absolute atomic E-state index is 14.4. The quantitative estimate of drug-likeness (QED) is 0.0303. The van der Waals surface area contributed by atoms with Gasteiger partial charge in [0.1, 0.15) is 18.0 Å². The number of Topliss-reactive ketones (excluding diaryl/α,β-unsaturated/α-hetero) is 2. The molecule has 5 aliphatic rings. The topological polar surface area (TPSA) is 343 Å². The normalized spacial score (nSPS) is 16.4. The average molecular weight is 1490 g/mol. The Kier molecular flexibility index (Phi) is 33.9. The molecule has 30 nitrogen and oxygen atoms in total. The van der Waals surface area contributed by atoms with Crippen LogP contribution < -0.4 is 34.5 Å². The van der Waals surface area contributed by atoms with E-state index in [1.165, 1.54) is 43.1 Å². The van der Waals surface area contributed by atoms with Crippen LogP contribution in [0.25, 0.3) is 0 Å². The number of unbranched alkanes of at least 4 members (excludes halogenated alkanes) is 2. The second-order valence-corrected chi connectivity index (χ2v) is 26.4. The molecule has 582 valence electrons. The van der Waals surface area contributed by atoms with Crippen molar-refractivity contribution in [2.24, 2.45) is 16.8 Å². The van der Waals surface area contributed by atoms with Crippen molar-refractivity contribution in [3.05, 3.63) is 106 Å². The smallest absolute Gasteiger partial charge is 0.421 e. The minimum absolute atomic E-state index is 0.0160. The maximum atomic E-state index is 14.4. The van der Waals surface area contributed by atoms with Crippen molar-refractivity contribution < 1.29 is 114 Å². The van der Waals surface area contributed by atoms with Gasteiger partial charge in [-0.15, -0.1) is 0 Å². The second-order valence-electron chi connectivity index (χ2n) is 26.4. The summed E-state index contributed by atoms with van der Waals surface area (Å²) >= 11 is 0. The molecule has 30 heteroatoms. The maximum Gasteiger partial charge on any atom is 0.421 e. The number of imide groups is 2. The zero-order valence-corrected chi connectivity index (χ0v) is 62.3. The number of hydrogen-bond donors (Lipinski definition) is 3. The highest BCUT2D eigenvalue weighted by atomic mass is 16.6. The first-order chi connectivity index (χ1) is 51.7. The van der Waals surface area contributed by atoms with Gasteiger partial charge in [-0.1, -0.05) is 43.7 Å². The average Bonchev–Trinajstić information content (AvgIpc) is 1.63. The van der Waals surface area contributed by atoms with Crippen molar-refractivity contribution in [2.45, 2.75) is 117 Å².